The Labute approximate surface area is 216 Å². The van der Waals surface area contributed by atoms with Gasteiger partial charge in [-0.05, 0) is 6.92 Å². The molecule has 4 saturated heterocycles. The molecule has 17 heteroatoms. The summed E-state index contributed by atoms with van der Waals surface area (Å²) in [5.41, 5.74) is 0. The van der Waals surface area contributed by atoms with Crippen LogP contribution in [0.4, 0.5) is 0 Å². The molecule has 4 rings (SSSR count). The summed E-state index contributed by atoms with van der Waals surface area (Å²) in [6, 6.07) is 0. The Morgan fingerprint density at radius 3 is 1.66 bits per heavy atom. The average Bonchev–Trinajstić information content (AvgIpc) is 2.88. The van der Waals surface area contributed by atoms with Crippen LogP contribution in [0.15, 0.2) is 0 Å². The highest BCUT2D eigenvalue weighted by atomic mass is 16.8. The van der Waals surface area contributed by atoms with Gasteiger partial charge in [0, 0.05) is 0 Å². The van der Waals surface area contributed by atoms with Gasteiger partial charge in [-0.3, -0.25) is 0 Å². The third-order valence-corrected chi connectivity index (χ3v) is 6.98. The predicted octanol–water partition coefficient (Wildman–Crippen LogP) is -6.80. The van der Waals surface area contributed by atoms with Gasteiger partial charge in [-0.2, -0.15) is 0 Å². The molecule has 0 bridgehead atoms. The largest absolute Gasteiger partial charge is 0.388 e. The second-order valence-corrected chi connectivity index (χ2v) is 9.78. The van der Waals surface area contributed by atoms with Crippen molar-refractivity contribution in [1.82, 2.24) is 0 Å². The first-order chi connectivity index (χ1) is 17.9. The molecule has 17 nitrogen and oxygen atoms in total. The van der Waals surface area contributed by atoms with Crippen LogP contribution in [0.25, 0.3) is 0 Å². The molecular formula is C21H36O17. The quantitative estimate of drug-likeness (QED) is 0.145. The summed E-state index contributed by atoms with van der Waals surface area (Å²) in [7, 11) is 0. The van der Waals surface area contributed by atoms with Gasteiger partial charge in [0.05, 0.1) is 25.9 Å². The van der Waals surface area contributed by atoms with Crippen molar-refractivity contribution in [3.05, 3.63) is 0 Å². The number of hydrogen-bond acceptors (Lipinski definition) is 17. The molecule has 4 aliphatic heterocycles. The summed E-state index contributed by atoms with van der Waals surface area (Å²) in [6.07, 6.45) is -25.7. The van der Waals surface area contributed by atoms with E-state index < -0.39 is 111 Å². The molecule has 0 aliphatic carbocycles. The normalized spacial score (nSPS) is 54.6. The summed E-state index contributed by atoms with van der Waals surface area (Å²) in [5.74, 6) is 0. The lowest BCUT2D eigenvalue weighted by Crippen LogP contribution is -2.64. The fraction of sp³-hybridized carbons (Fsp3) is 1.00. The maximum Gasteiger partial charge on any atom is 0.187 e. The number of aliphatic hydroxyl groups excluding tert-OH is 10. The smallest absolute Gasteiger partial charge is 0.187 e. The Morgan fingerprint density at radius 2 is 0.974 bits per heavy atom. The number of hydrogen-bond donors (Lipinski definition) is 10. The van der Waals surface area contributed by atoms with E-state index in [0.717, 1.165) is 0 Å². The molecule has 0 aromatic heterocycles. The van der Waals surface area contributed by atoms with Crippen molar-refractivity contribution in [2.75, 3.05) is 19.8 Å². The Morgan fingerprint density at radius 1 is 0.474 bits per heavy atom. The van der Waals surface area contributed by atoms with Crippen LogP contribution < -0.4 is 0 Å². The van der Waals surface area contributed by atoms with Crippen LogP contribution in [-0.2, 0) is 33.2 Å². The van der Waals surface area contributed by atoms with Gasteiger partial charge < -0.3 is 84.2 Å². The van der Waals surface area contributed by atoms with Crippen molar-refractivity contribution in [1.29, 1.82) is 0 Å². The highest BCUT2D eigenvalue weighted by molar-refractivity contribution is 4.94. The zero-order valence-electron chi connectivity index (χ0n) is 20.3. The van der Waals surface area contributed by atoms with E-state index in [-0.39, 0.29) is 13.2 Å². The minimum absolute atomic E-state index is 0.345. The van der Waals surface area contributed by atoms with Crippen molar-refractivity contribution >= 4 is 0 Å². The van der Waals surface area contributed by atoms with Crippen molar-refractivity contribution in [2.45, 2.75) is 111 Å². The second kappa shape index (κ2) is 12.5. The van der Waals surface area contributed by atoms with E-state index in [1.54, 1.807) is 0 Å². The highest BCUT2D eigenvalue weighted by Gasteiger charge is 2.51. The van der Waals surface area contributed by atoms with Crippen LogP contribution >= 0.6 is 0 Å². The summed E-state index contributed by atoms with van der Waals surface area (Å²) in [4.78, 5) is 0. The summed E-state index contributed by atoms with van der Waals surface area (Å²) in [6.45, 7) is 0.309. The first-order valence-corrected chi connectivity index (χ1v) is 12.2. The van der Waals surface area contributed by atoms with Gasteiger partial charge in [0.15, 0.2) is 25.2 Å². The Hall–Kier alpha value is -0.680. The second-order valence-electron chi connectivity index (χ2n) is 9.78. The Bertz CT molecular complexity index is 761. The first kappa shape index (κ1) is 30.3. The molecule has 38 heavy (non-hydrogen) atoms. The molecule has 222 valence electrons. The van der Waals surface area contributed by atoms with E-state index in [2.05, 4.69) is 0 Å². The summed E-state index contributed by atoms with van der Waals surface area (Å²) >= 11 is 0. The van der Waals surface area contributed by atoms with Gasteiger partial charge in [0.25, 0.3) is 0 Å². The number of ether oxygens (including phenoxy) is 7. The molecular weight excluding hydrogens is 524 g/mol. The molecule has 4 aliphatic rings. The van der Waals surface area contributed by atoms with Crippen molar-refractivity contribution in [3.8, 4) is 0 Å². The standard InChI is InChI=1S/C21H36O17/c1-5-15(11(27)13(29)21(35-5)38-17-10(26)7(23)2-32-18(17)31)36-20-14(30)16(8(24)4-34-20)37-19-12(28)9(25)6(22)3-33-19/h5-31H,2-4H2,1H3/t5-,6+,7-,8+,9-,10-,11-,12+,13+,14+,15-,16+,17+,18-,19-,20-,21-/m0/s1. The lowest BCUT2D eigenvalue weighted by molar-refractivity contribution is -0.374. The van der Waals surface area contributed by atoms with E-state index in [9.17, 15) is 51.1 Å². The molecule has 0 radical (unpaired) electrons. The third kappa shape index (κ3) is 6.14. The van der Waals surface area contributed by atoms with Crippen molar-refractivity contribution in [3.63, 3.8) is 0 Å². The summed E-state index contributed by atoms with van der Waals surface area (Å²) in [5, 5.41) is 102. The van der Waals surface area contributed by atoms with E-state index in [4.69, 9.17) is 33.2 Å². The minimum Gasteiger partial charge on any atom is -0.388 e. The van der Waals surface area contributed by atoms with Gasteiger partial charge >= 0.3 is 0 Å². The number of rotatable bonds is 6. The van der Waals surface area contributed by atoms with Crippen molar-refractivity contribution < 1.29 is 84.2 Å². The van der Waals surface area contributed by atoms with Crippen LogP contribution in [-0.4, -0.2) is 175 Å². The van der Waals surface area contributed by atoms with E-state index in [1.807, 2.05) is 0 Å². The van der Waals surface area contributed by atoms with Crippen LogP contribution in [0.1, 0.15) is 6.92 Å². The maximum absolute atomic E-state index is 10.8. The molecule has 0 aromatic carbocycles. The lowest BCUT2D eigenvalue weighted by Gasteiger charge is -2.46. The van der Waals surface area contributed by atoms with E-state index >= 15 is 0 Å². The topological polar surface area (TPSA) is 267 Å². The zero-order chi connectivity index (χ0) is 27.9. The first-order valence-electron chi connectivity index (χ1n) is 12.2. The monoisotopic (exact) mass is 560 g/mol. The zero-order valence-corrected chi connectivity index (χ0v) is 20.3. The summed E-state index contributed by atoms with van der Waals surface area (Å²) < 4.78 is 37.5. The van der Waals surface area contributed by atoms with Crippen molar-refractivity contribution in [2.24, 2.45) is 0 Å². The molecule has 0 aromatic rings. The molecule has 0 unspecified atom stereocenters. The van der Waals surface area contributed by atoms with Gasteiger partial charge in [-0.15, -0.1) is 0 Å². The third-order valence-electron chi connectivity index (χ3n) is 6.98. The fourth-order valence-electron chi connectivity index (χ4n) is 4.66. The van der Waals surface area contributed by atoms with E-state index in [1.165, 1.54) is 6.92 Å². The highest BCUT2D eigenvalue weighted by Crippen LogP contribution is 2.31. The number of aliphatic hydroxyl groups is 10. The minimum atomic E-state index is -1.79. The molecule has 0 spiro atoms. The molecule has 0 amide bonds. The van der Waals surface area contributed by atoms with Crippen LogP contribution in [0, 0.1) is 0 Å². The molecule has 0 saturated carbocycles. The Kier molecular flexibility index (Phi) is 9.92. The van der Waals surface area contributed by atoms with Crippen LogP contribution in [0.2, 0.25) is 0 Å². The Balaban J connectivity index is 1.37. The molecule has 4 heterocycles. The fourth-order valence-corrected chi connectivity index (χ4v) is 4.66. The SMILES string of the molecule is C[C@@H]1O[C@@H](O[C@@H]2[C@@H](O)[C@@H](O)CO[C@@H]2O)[C@H](O)[C@H](O)[C@H]1O[C@@H]1OC[C@@H](O)[C@@H](O[C@@H]2OC[C@@H](O)[C@H](O)[C@H]2O)[C@H]1O. The maximum atomic E-state index is 10.8. The molecule has 4 fully saturated rings. The van der Waals surface area contributed by atoms with Gasteiger partial charge in [-0.1, -0.05) is 0 Å². The van der Waals surface area contributed by atoms with Gasteiger partial charge in [-0.25, -0.2) is 0 Å². The van der Waals surface area contributed by atoms with Crippen LogP contribution in [0.3, 0.4) is 0 Å². The molecule has 10 N–H and O–H groups in total. The average molecular weight is 561 g/mol. The molecule has 17 atom stereocenters. The van der Waals surface area contributed by atoms with E-state index in [0.29, 0.717) is 0 Å². The lowest BCUT2D eigenvalue weighted by atomic mass is 9.98. The predicted molar refractivity (Wildman–Crippen MR) is 114 cm³/mol. The van der Waals surface area contributed by atoms with Gasteiger partial charge in [0.2, 0.25) is 0 Å². The van der Waals surface area contributed by atoms with Crippen LogP contribution in [0.5, 0.6) is 0 Å². The van der Waals surface area contributed by atoms with Gasteiger partial charge in [0.1, 0.15) is 73.2 Å².